The number of nitrogens with zero attached hydrogens (tertiary/aromatic N) is 2. The van der Waals surface area contributed by atoms with E-state index in [-0.39, 0.29) is 12.0 Å². The van der Waals surface area contributed by atoms with Crippen LogP contribution in [0, 0.1) is 0 Å². The van der Waals surface area contributed by atoms with Crippen LogP contribution in [0.25, 0.3) is 0 Å². The summed E-state index contributed by atoms with van der Waals surface area (Å²) < 4.78 is 11.0. The van der Waals surface area contributed by atoms with Crippen molar-refractivity contribution in [2.75, 3.05) is 26.8 Å². The van der Waals surface area contributed by atoms with Gasteiger partial charge in [-0.05, 0) is 42.6 Å². The summed E-state index contributed by atoms with van der Waals surface area (Å²) in [7, 11) is 1.47. The lowest BCUT2D eigenvalue weighted by atomic mass is 10.1. The minimum Gasteiger partial charge on any atom is -0.492 e. The summed E-state index contributed by atoms with van der Waals surface area (Å²) >= 11 is 0. The van der Waals surface area contributed by atoms with Crippen molar-refractivity contribution < 1.29 is 14.3 Å². The Labute approximate surface area is 166 Å². The maximum atomic E-state index is 12.0. The van der Waals surface area contributed by atoms with Crippen molar-refractivity contribution in [2.24, 2.45) is 0 Å². The summed E-state index contributed by atoms with van der Waals surface area (Å²) in [5, 5.41) is 0. The number of likely N-dealkylation sites (tertiary alicyclic amines) is 1. The Balaban J connectivity index is 1.47. The Morgan fingerprint density at radius 1 is 1.11 bits per heavy atom. The number of carbonyl (C=O) groups excluding carboxylic acids is 1. The SMILES string of the molecule is COC(=O)[C@@H]1CCCN1Cc1ccc2c(c1)CN(Cc1ccccc1)CCO2. The summed E-state index contributed by atoms with van der Waals surface area (Å²) in [6.45, 7) is 5.12. The molecular formula is C23H28N2O3. The van der Waals surface area contributed by atoms with E-state index in [1.54, 1.807) is 0 Å². The lowest BCUT2D eigenvalue weighted by molar-refractivity contribution is -0.146. The summed E-state index contributed by atoms with van der Waals surface area (Å²) in [5.41, 5.74) is 3.76. The second-order valence-corrected chi connectivity index (χ2v) is 7.64. The lowest BCUT2D eigenvalue weighted by Gasteiger charge is -2.23. The van der Waals surface area contributed by atoms with Crippen molar-refractivity contribution in [3.8, 4) is 5.75 Å². The van der Waals surface area contributed by atoms with Gasteiger partial charge in [0.1, 0.15) is 18.4 Å². The largest absolute Gasteiger partial charge is 0.492 e. The molecule has 1 fully saturated rings. The predicted molar refractivity (Wildman–Crippen MR) is 108 cm³/mol. The lowest BCUT2D eigenvalue weighted by Crippen LogP contribution is -2.36. The molecule has 1 saturated heterocycles. The van der Waals surface area contributed by atoms with Crippen LogP contribution in [0.3, 0.4) is 0 Å². The van der Waals surface area contributed by atoms with Gasteiger partial charge in [0.15, 0.2) is 0 Å². The van der Waals surface area contributed by atoms with Crippen LogP contribution in [0.1, 0.15) is 29.5 Å². The van der Waals surface area contributed by atoms with Gasteiger partial charge >= 0.3 is 5.97 Å². The van der Waals surface area contributed by atoms with Crippen LogP contribution >= 0.6 is 0 Å². The molecule has 2 aromatic rings. The normalized spacial score (nSPS) is 20.2. The van der Waals surface area contributed by atoms with Crippen LogP contribution in [0.15, 0.2) is 48.5 Å². The molecule has 148 valence electrons. The smallest absolute Gasteiger partial charge is 0.323 e. The van der Waals surface area contributed by atoms with Crippen molar-refractivity contribution in [1.29, 1.82) is 0 Å². The number of hydrogen-bond acceptors (Lipinski definition) is 5. The van der Waals surface area contributed by atoms with Gasteiger partial charge in [-0.25, -0.2) is 0 Å². The molecule has 0 saturated carbocycles. The average molecular weight is 380 g/mol. The summed E-state index contributed by atoms with van der Waals surface area (Å²) in [5.74, 6) is 0.856. The van der Waals surface area contributed by atoms with Gasteiger partial charge in [0.25, 0.3) is 0 Å². The first-order valence-electron chi connectivity index (χ1n) is 10.1. The number of fused-ring (bicyclic) bond motifs is 1. The molecular weight excluding hydrogens is 352 g/mol. The third-order valence-electron chi connectivity index (χ3n) is 5.66. The number of carbonyl (C=O) groups is 1. The van der Waals surface area contributed by atoms with Crippen LogP contribution in [0.2, 0.25) is 0 Å². The zero-order valence-electron chi connectivity index (χ0n) is 16.5. The first-order chi connectivity index (χ1) is 13.7. The maximum absolute atomic E-state index is 12.0. The number of hydrogen-bond donors (Lipinski definition) is 0. The molecule has 0 radical (unpaired) electrons. The van der Waals surface area contributed by atoms with E-state index in [0.717, 1.165) is 51.3 Å². The van der Waals surface area contributed by atoms with Crippen LogP contribution < -0.4 is 4.74 Å². The van der Waals surface area contributed by atoms with Gasteiger partial charge < -0.3 is 9.47 Å². The third kappa shape index (κ3) is 4.37. The van der Waals surface area contributed by atoms with E-state index in [4.69, 9.17) is 9.47 Å². The molecule has 0 aliphatic carbocycles. The number of methoxy groups -OCH3 is 1. The van der Waals surface area contributed by atoms with E-state index < -0.39 is 0 Å². The van der Waals surface area contributed by atoms with Crippen molar-refractivity contribution in [3.05, 3.63) is 65.2 Å². The van der Waals surface area contributed by atoms with E-state index in [2.05, 4.69) is 58.3 Å². The van der Waals surface area contributed by atoms with Crippen LogP contribution in [-0.2, 0) is 29.2 Å². The monoisotopic (exact) mass is 380 g/mol. The minimum absolute atomic E-state index is 0.116. The molecule has 0 bridgehead atoms. The quantitative estimate of drug-likeness (QED) is 0.745. The van der Waals surface area contributed by atoms with Gasteiger partial charge in [0.05, 0.1) is 7.11 Å². The standard InChI is InChI=1S/C23H28N2O3/c1-27-23(26)21-8-5-11-25(21)16-19-9-10-22-20(14-19)17-24(12-13-28-22)15-18-6-3-2-4-7-18/h2-4,6-7,9-10,14,21H,5,8,11-13,15-17H2,1H3/t21-/m0/s1. The number of benzene rings is 2. The van der Waals surface area contributed by atoms with Gasteiger partial charge in [-0.15, -0.1) is 0 Å². The molecule has 2 aliphatic heterocycles. The minimum atomic E-state index is -0.121. The Morgan fingerprint density at radius 3 is 2.79 bits per heavy atom. The van der Waals surface area contributed by atoms with Crippen LogP contribution in [-0.4, -0.2) is 48.6 Å². The second kappa shape index (κ2) is 8.76. The van der Waals surface area contributed by atoms with E-state index in [1.165, 1.54) is 23.8 Å². The van der Waals surface area contributed by atoms with Gasteiger partial charge in [-0.1, -0.05) is 36.4 Å². The third-order valence-corrected chi connectivity index (χ3v) is 5.66. The molecule has 1 atom stereocenters. The number of esters is 1. The molecule has 4 rings (SSSR count). The van der Waals surface area contributed by atoms with Gasteiger partial charge in [-0.2, -0.15) is 0 Å². The summed E-state index contributed by atoms with van der Waals surface area (Å²) in [4.78, 5) is 16.7. The van der Waals surface area contributed by atoms with E-state index in [9.17, 15) is 4.79 Å². The number of ether oxygens (including phenoxy) is 2. The van der Waals surface area contributed by atoms with Gasteiger partial charge in [0, 0.05) is 31.7 Å². The highest BCUT2D eigenvalue weighted by Crippen LogP contribution is 2.27. The fraction of sp³-hybridized carbons (Fsp3) is 0.435. The highest BCUT2D eigenvalue weighted by molar-refractivity contribution is 5.76. The van der Waals surface area contributed by atoms with Crippen LogP contribution in [0.4, 0.5) is 0 Å². The molecule has 2 aromatic carbocycles. The molecule has 2 heterocycles. The second-order valence-electron chi connectivity index (χ2n) is 7.64. The van der Waals surface area contributed by atoms with Gasteiger partial charge in [-0.3, -0.25) is 14.6 Å². The van der Waals surface area contributed by atoms with Crippen molar-refractivity contribution in [2.45, 2.75) is 38.5 Å². The molecule has 5 nitrogen and oxygen atoms in total. The summed E-state index contributed by atoms with van der Waals surface area (Å²) in [6.07, 6.45) is 1.92. The van der Waals surface area contributed by atoms with E-state index >= 15 is 0 Å². The zero-order chi connectivity index (χ0) is 19.3. The first-order valence-corrected chi connectivity index (χ1v) is 10.1. The fourth-order valence-electron chi connectivity index (χ4n) is 4.23. The van der Waals surface area contributed by atoms with E-state index in [0.29, 0.717) is 6.61 Å². The topological polar surface area (TPSA) is 42.0 Å². The van der Waals surface area contributed by atoms with Gasteiger partial charge in [0.2, 0.25) is 0 Å². The highest BCUT2D eigenvalue weighted by Gasteiger charge is 2.31. The van der Waals surface area contributed by atoms with E-state index in [1.807, 2.05) is 0 Å². The predicted octanol–water partition coefficient (Wildman–Crippen LogP) is 3.22. The fourth-order valence-corrected chi connectivity index (χ4v) is 4.23. The Bertz CT molecular complexity index is 809. The Hall–Kier alpha value is -2.37. The van der Waals surface area contributed by atoms with Crippen molar-refractivity contribution in [1.82, 2.24) is 9.80 Å². The molecule has 28 heavy (non-hydrogen) atoms. The Morgan fingerprint density at radius 2 is 1.96 bits per heavy atom. The zero-order valence-corrected chi connectivity index (χ0v) is 16.5. The average Bonchev–Trinajstić information content (AvgIpc) is 3.08. The molecule has 5 heteroatoms. The van der Waals surface area contributed by atoms with Crippen molar-refractivity contribution in [3.63, 3.8) is 0 Å². The maximum Gasteiger partial charge on any atom is 0.323 e. The summed E-state index contributed by atoms with van der Waals surface area (Å²) in [6, 6.07) is 16.9. The van der Waals surface area contributed by atoms with Crippen LogP contribution in [0.5, 0.6) is 5.75 Å². The molecule has 0 spiro atoms. The number of rotatable bonds is 5. The molecule has 2 aliphatic rings. The molecule has 0 unspecified atom stereocenters. The highest BCUT2D eigenvalue weighted by atomic mass is 16.5. The Kier molecular flexibility index (Phi) is 5.93. The molecule has 0 amide bonds. The first kappa shape index (κ1) is 19.0. The molecule has 0 N–H and O–H groups in total. The van der Waals surface area contributed by atoms with Crippen molar-refractivity contribution >= 4 is 5.97 Å². The molecule has 0 aromatic heterocycles.